The molecule has 84 valence electrons. The fourth-order valence-corrected chi connectivity index (χ4v) is 2.23. The maximum absolute atomic E-state index is 12.5. The van der Waals surface area contributed by atoms with Crippen molar-refractivity contribution in [3.8, 4) is 0 Å². The summed E-state index contributed by atoms with van der Waals surface area (Å²) < 4.78 is 47.0. The third-order valence-electron chi connectivity index (χ3n) is 1.52. The van der Waals surface area contributed by atoms with Crippen LogP contribution >= 0.6 is 26.6 Å². The number of pyridine rings is 1. The Balaban J connectivity index is 3.62. The van der Waals surface area contributed by atoms with E-state index >= 15 is 0 Å². The second-order valence-corrected chi connectivity index (χ2v) is 5.81. The average molecular weight is 322 g/mol. The molecule has 4 nitrogen and oxygen atoms in total. The molecule has 1 rings (SSSR count). The van der Waals surface area contributed by atoms with Gasteiger partial charge in [0.2, 0.25) is 0 Å². The second kappa shape index (κ2) is 4.18. The Labute approximate surface area is 97.0 Å². The molecular weight excluding hydrogens is 317 g/mol. The van der Waals surface area contributed by atoms with Gasteiger partial charge >= 0.3 is 0 Å². The fourth-order valence-electron chi connectivity index (χ4n) is 0.903. The smallest absolute Gasteiger partial charge is 0.279 e. The average Bonchev–Trinajstić information content (AvgIpc) is 2.06. The van der Waals surface area contributed by atoms with Crippen LogP contribution in [0.4, 0.5) is 14.5 Å². The van der Waals surface area contributed by atoms with E-state index in [9.17, 15) is 17.2 Å². The third kappa shape index (κ3) is 2.56. The summed E-state index contributed by atoms with van der Waals surface area (Å²) in [5.41, 5.74) is 4.01. The summed E-state index contributed by atoms with van der Waals surface area (Å²) in [6.45, 7) is 0. The number of nitrogen functional groups attached to an aromatic ring is 1. The van der Waals surface area contributed by atoms with Gasteiger partial charge in [0, 0.05) is 16.9 Å². The molecule has 0 fully saturated rings. The standard InChI is InChI=1S/C6H4BrClF2N2O2S/c7-2-1-12-6(15(8,13)14)3(4(2)11)5(9)10/h1,5H,(H2,11,12). The van der Waals surface area contributed by atoms with Gasteiger partial charge in [-0.2, -0.15) is 0 Å². The first-order valence-electron chi connectivity index (χ1n) is 3.42. The molecule has 0 aliphatic carbocycles. The van der Waals surface area contributed by atoms with E-state index in [0.29, 0.717) is 0 Å². The number of aromatic nitrogens is 1. The van der Waals surface area contributed by atoms with Crippen molar-refractivity contribution in [1.29, 1.82) is 0 Å². The zero-order valence-corrected chi connectivity index (χ0v) is 10.1. The summed E-state index contributed by atoms with van der Waals surface area (Å²) in [6.07, 6.45) is -2.07. The number of nitrogens with two attached hydrogens (primary N) is 1. The van der Waals surface area contributed by atoms with Crippen LogP contribution in [-0.2, 0) is 9.05 Å². The van der Waals surface area contributed by atoms with E-state index in [2.05, 4.69) is 20.9 Å². The van der Waals surface area contributed by atoms with Crippen LogP contribution in [0.5, 0.6) is 0 Å². The zero-order valence-electron chi connectivity index (χ0n) is 6.92. The van der Waals surface area contributed by atoms with E-state index in [1.54, 1.807) is 0 Å². The lowest BCUT2D eigenvalue weighted by Crippen LogP contribution is -2.06. The van der Waals surface area contributed by atoms with Gasteiger partial charge in [0.05, 0.1) is 15.7 Å². The van der Waals surface area contributed by atoms with Gasteiger partial charge in [-0.3, -0.25) is 0 Å². The Hall–Kier alpha value is -0.470. The van der Waals surface area contributed by atoms with Crippen molar-refractivity contribution in [2.24, 2.45) is 0 Å². The molecule has 15 heavy (non-hydrogen) atoms. The SMILES string of the molecule is Nc1c(Br)cnc(S(=O)(=O)Cl)c1C(F)F. The van der Waals surface area contributed by atoms with Crippen molar-refractivity contribution in [1.82, 2.24) is 4.98 Å². The molecule has 0 aliphatic heterocycles. The van der Waals surface area contributed by atoms with Crippen molar-refractivity contribution in [2.75, 3.05) is 5.73 Å². The van der Waals surface area contributed by atoms with Gasteiger partial charge in [-0.25, -0.2) is 22.2 Å². The summed E-state index contributed by atoms with van der Waals surface area (Å²) in [5, 5.41) is -0.917. The van der Waals surface area contributed by atoms with Crippen molar-refractivity contribution < 1.29 is 17.2 Å². The number of alkyl halides is 2. The highest BCUT2D eigenvalue weighted by Crippen LogP contribution is 2.35. The minimum absolute atomic E-state index is 0.0851. The first kappa shape index (κ1) is 12.6. The van der Waals surface area contributed by atoms with E-state index in [1.807, 2.05) is 0 Å². The topological polar surface area (TPSA) is 73.0 Å². The van der Waals surface area contributed by atoms with Crippen LogP contribution < -0.4 is 5.73 Å². The molecule has 0 atom stereocenters. The molecule has 0 aromatic carbocycles. The van der Waals surface area contributed by atoms with Crippen molar-refractivity contribution in [2.45, 2.75) is 11.5 Å². The Morgan fingerprint density at radius 1 is 1.53 bits per heavy atom. The number of hydrogen-bond acceptors (Lipinski definition) is 4. The third-order valence-corrected chi connectivity index (χ3v) is 3.38. The molecule has 0 spiro atoms. The molecule has 0 saturated heterocycles. The predicted octanol–water partition coefficient (Wildman–Crippen LogP) is 2.29. The molecule has 0 radical (unpaired) electrons. The normalized spacial score (nSPS) is 12.1. The van der Waals surface area contributed by atoms with Crippen molar-refractivity contribution in [3.63, 3.8) is 0 Å². The van der Waals surface area contributed by atoms with Gasteiger partial charge in [0.15, 0.2) is 5.03 Å². The molecule has 0 aliphatic rings. The van der Waals surface area contributed by atoms with E-state index in [-0.39, 0.29) is 10.2 Å². The molecule has 0 saturated carbocycles. The zero-order chi connectivity index (χ0) is 11.8. The van der Waals surface area contributed by atoms with Crippen LogP contribution in [0, 0.1) is 0 Å². The first-order valence-corrected chi connectivity index (χ1v) is 6.52. The van der Waals surface area contributed by atoms with Crippen LogP contribution in [-0.4, -0.2) is 13.4 Å². The lowest BCUT2D eigenvalue weighted by molar-refractivity contribution is 0.148. The van der Waals surface area contributed by atoms with Gasteiger partial charge < -0.3 is 5.73 Å². The van der Waals surface area contributed by atoms with Crippen molar-refractivity contribution in [3.05, 3.63) is 16.2 Å². The predicted molar refractivity (Wildman–Crippen MR) is 54.3 cm³/mol. The van der Waals surface area contributed by atoms with E-state index in [4.69, 9.17) is 16.4 Å². The van der Waals surface area contributed by atoms with Crippen LogP contribution in [0.25, 0.3) is 0 Å². The van der Waals surface area contributed by atoms with Crippen LogP contribution in [0.1, 0.15) is 12.0 Å². The molecule has 1 aromatic heterocycles. The summed E-state index contributed by atoms with van der Waals surface area (Å²) in [5.74, 6) is 0. The minimum atomic E-state index is -4.34. The van der Waals surface area contributed by atoms with Gasteiger partial charge in [0.25, 0.3) is 15.5 Å². The van der Waals surface area contributed by atoms with Crippen LogP contribution in [0.3, 0.4) is 0 Å². The summed E-state index contributed by atoms with van der Waals surface area (Å²) in [4.78, 5) is 3.30. The van der Waals surface area contributed by atoms with Gasteiger partial charge in [-0.05, 0) is 15.9 Å². The highest BCUT2D eigenvalue weighted by atomic mass is 79.9. The van der Waals surface area contributed by atoms with E-state index < -0.39 is 26.1 Å². The largest absolute Gasteiger partial charge is 0.397 e. The summed E-state index contributed by atoms with van der Waals surface area (Å²) >= 11 is 2.86. The molecule has 1 heterocycles. The minimum Gasteiger partial charge on any atom is -0.397 e. The Morgan fingerprint density at radius 2 is 2.07 bits per heavy atom. The lowest BCUT2D eigenvalue weighted by Gasteiger charge is -2.09. The maximum atomic E-state index is 12.5. The number of nitrogens with zero attached hydrogens (tertiary/aromatic N) is 1. The number of halogens is 4. The molecule has 0 bridgehead atoms. The monoisotopic (exact) mass is 320 g/mol. The molecule has 9 heteroatoms. The summed E-state index contributed by atoms with van der Waals surface area (Å²) in [6, 6.07) is 0. The van der Waals surface area contributed by atoms with Gasteiger partial charge in [-0.15, -0.1) is 0 Å². The fraction of sp³-hybridized carbons (Fsp3) is 0.167. The molecule has 0 amide bonds. The Bertz CT molecular complexity index is 494. The Kier molecular flexibility index (Phi) is 3.51. The summed E-state index contributed by atoms with van der Waals surface area (Å²) in [7, 11) is 0.600. The van der Waals surface area contributed by atoms with E-state index in [1.165, 1.54) is 0 Å². The highest BCUT2D eigenvalue weighted by molar-refractivity contribution is 9.10. The quantitative estimate of drug-likeness (QED) is 0.848. The van der Waals surface area contributed by atoms with Crippen LogP contribution in [0.15, 0.2) is 15.7 Å². The second-order valence-electron chi connectivity index (χ2n) is 2.48. The van der Waals surface area contributed by atoms with Gasteiger partial charge in [-0.1, -0.05) is 0 Å². The molecule has 2 N–H and O–H groups in total. The number of rotatable bonds is 2. The van der Waals surface area contributed by atoms with Crippen LogP contribution in [0.2, 0.25) is 0 Å². The van der Waals surface area contributed by atoms with Gasteiger partial charge in [0.1, 0.15) is 0 Å². The highest BCUT2D eigenvalue weighted by Gasteiger charge is 2.27. The Morgan fingerprint density at radius 3 is 2.47 bits per heavy atom. The number of hydrogen-bond donors (Lipinski definition) is 1. The lowest BCUT2D eigenvalue weighted by atomic mass is 10.2. The number of anilines is 1. The van der Waals surface area contributed by atoms with E-state index in [0.717, 1.165) is 6.20 Å². The molecule has 0 unspecified atom stereocenters. The first-order chi connectivity index (χ1) is 6.75. The molecular formula is C6H4BrClF2N2O2S. The molecule has 1 aromatic rings. The maximum Gasteiger partial charge on any atom is 0.279 e. The van der Waals surface area contributed by atoms with Crippen molar-refractivity contribution >= 4 is 41.4 Å².